The molecule has 0 unspecified atom stereocenters. The van der Waals surface area contributed by atoms with Gasteiger partial charge in [0, 0.05) is 19.0 Å². The molecule has 7 heteroatoms. The number of hydroxylamine groups is 1. The Labute approximate surface area is 153 Å². The predicted molar refractivity (Wildman–Crippen MR) is 97.3 cm³/mol. The number of hydrogen-bond donors (Lipinski definition) is 1. The van der Waals surface area contributed by atoms with E-state index in [2.05, 4.69) is 5.48 Å². The zero-order valence-electron chi connectivity index (χ0n) is 14.4. The quantitative estimate of drug-likeness (QED) is 0.788. The van der Waals surface area contributed by atoms with Crippen LogP contribution in [0.3, 0.4) is 0 Å². The van der Waals surface area contributed by atoms with Crippen molar-refractivity contribution in [2.24, 2.45) is 5.92 Å². The number of rotatable bonds is 6. The molecule has 1 aliphatic heterocycles. The van der Waals surface area contributed by atoms with Crippen molar-refractivity contribution in [3.05, 3.63) is 66.2 Å². The highest BCUT2D eigenvalue weighted by Gasteiger charge is 2.32. The molecule has 0 aliphatic carbocycles. The number of piperidine rings is 1. The van der Waals surface area contributed by atoms with Gasteiger partial charge in [-0.3, -0.25) is 9.63 Å². The fourth-order valence-corrected chi connectivity index (χ4v) is 4.44. The molecule has 0 radical (unpaired) electrons. The number of carbonyl (C=O) groups is 1. The molecule has 138 valence electrons. The van der Waals surface area contributed by atoms with Crippen LogP contribution in [-0.2, 0) is 26.3 Å². The summed E-state index contributed by atoms with van der Waals surface area (Å²) in [6, 6.07) is 17.9. The monoisotopic (exact) mass is 374 g/mol. The lowest BCUT2D eigenvalue weighted by atomic mass is 9.98. The molecule has 1 amide bonds. The van der Waals surface area contributed by atoms with E-state index >= 15 is 0 Å². The van der Waals surface area contributed by atoms with Gasteiger partial charge < -0.3 is 0 Å². The smallest absolute Gasteiger partial charge is 0.246 e. The maximum atomic E-state index is 12.6. The molecule has 3 rings (SSSR count). The average molecular weight is 374 g/mol. The first kappa shape index (κ1) is 18.6. The van der Waals surface area contributed by atoms with Crippen LogP contribution >= 0.6 is 0 Å². The Balaban J connectivity index is 1.48. The molecule has 1 aliphatic rings. The highest BCUT2D eigenvalue weighted by Crippen LogP contribution is 2.23. The number of hydrogen-bond acceptors (Lipinski definition) is 4. The van der Waals surface area contributed by atoms with E-state index in [1.54, 1.807) is 30.3 Å². The van der Waals surface area contributed by atoms with E-state index in [1.165, 1.54) is 4.31 Å². The summed E-state index contributed by atoms with van der Waals surface area (Å²) in [5, 5.41) is 0. The maximum absolute atomic E-state index is 12.6. The molecule has 26 heavy (non-hydrogen) atoms. The van der Waals surface area contributed by atoms with Crippen LogP contribution in [-0.4, -0.2) is 31.7 Å². The fourth-order valence-electron chi connectivity index (χ4n) is 2.95. The summed E-state index contributed by atoms with van der Waals surface area (Å²) in [7, 11) is -3.49. The van der Waals surface area contributed by atoms with Crippen LogP contribution in [0.4, 0.5) is 0 Å². The summed E-state index contributed by atoms with van der Waals surface area (Å²) < 4.78 is 26.6. The van der Waals surface area contributed by atoms with Crippen LogP contribution in [0.15, 0.2) is 65.6 Å². The third-order valence-corrected chi connectivity index (χ3v) is 6.37. The zero-order valence-corrected chi connectivity index (χ0v) is 15.2. The van der Waals surface area contributed by atoms with Crippen LogP contribution in [0, 0.1) is 5.92 Å². The van der Waals surface area contributed by atoms with Gasteiger partial charge in [0.1, 0.15) is 0 Å². The van der Waals surface area contributed by atoms with Crippen LogP contribution in [0.25, 0.3) is 0 Å². The van der Waals surface area contributed by atoms with E-state index in [0.717, 1.165) is 5.56 Å². The van der Waals surface area contributed by atoms with Crippen LogP contribution < -0.4 is 5.48 Å². The molecule has 0 spiro atoms. The Kier molecular flexibility index (Phi) is 6.03. The molecule has 2 aromatic carbocycles. The van der Waals surface area contributed by atoms with Crippen molar-refractivity contribution in [3.8, 4) is 0 Å². The van der Waals surface area contributed by atoms with Gasteiger partial charge in [0.05, 0.1) is 11.5 Å². The van der Waals surface area contributed by atoms with E-state index in [1.807, 2.05) is 30.3 Å². The van der Waals surface area contributed by atoms with E-state index in [-0.39, 0.29) is 16.7 Å². The summed E-state index contributed by atoms with van der Waals surface area (Å²) in [6.07, 6.45) is 0.958. The molecule has 0 aromatic heterocycles. The zero-order chi connectivity index (χ0) is 18.4. The number of nitrogens with one attached hydrogen (secondary N) is 1. The van der Waals surface area contributed by atoms with Crippen LogP contribution in [0.2, 0.25) is 0 Å². The molecule has 1 heterocycles. The topological polar surface area (TPSA) is 75.7 Å². The van der Waals surface area contributed by atoms with Crippen LogP contribution in [0.1, 0.15) is 18.4 Å². The van der Waals surface area contributed by atoms with Crippen molar-refractivity contribution in [1.29, 1.82) is 0 Å². The second-order valence-corrected chi connectivity index (χ2v) is 8.17. The Bertz CT molecular complexity index is 817. The van der Waals surface area contributed by atoms with Gasteiger partial charge in [-0.1, -0.05) is 48.5 Å². The summed E-state index contributed by atoms with van der Waals surface area (Å²) in [5.74, 6) is -0.439. The number of sulfonamides is 1. The number of nitrogens with zero attached hydrogens (tertiary/aromatic N) is 1. The highest BCUT2D eigenvalue weighted by atomic mass is 32.2. The van der Waals surface area contributed by atoms with Gasteiger partial charge in [0.25, 0.3) is 0 Å². The predicted octanol–water partition coefficient (Wildman–Crippen LogP) is 2.34. The van der Waals surface area contributed by atoms with Crippen molar-refractivity contribution in [3.63, 3.8) is 0 Å². The first-order chi connectivity index (χ1) is 12.6. The van der Waals surface area contributed by atoms with E-state index in [9.17, 15) is 13.2 Å². The first-order valence-corrected chi connectivity index (χ1v) is 10.0. The van der Waals surface area contributed by atoms with Gasteiger partial charge in [-0.2, -0.15) is 4.31 Å². The molecule has 1 N–H and O–H groups in total. The lowest BCUT2D eigenvalue weighted by molar-refractivity contribution is -0.140. The lowest BCUT2D eigenvalue weighted by Gasteiger charge is -2.30. The second-order valence-electron chi connectivity index (χ2n) is 6.23. The molecule has 0 atom stereocenters. The minimum absolute atomic E-state index is 0.197. The largest absolute Gasteiger partial charge is 0.272 e. The SMILES string of the molecule is O=C(NOCc1ccccc1)C1CCN(S(=O)(=O)c2ccccc2)CC1. The molecule has 0 saturated carbocycles. The minimum Gasteiger partial charge on any atom is -0.272 e. The van der Waals surface area contributed by atoms with Gasteiger partial charge >= 0.3 is 0 Å². The summed E-state index contributed by atoms with van der Waals surface area (Å²) in [5.41, 5.74) is 3.45. The number of amides is 1. The van der Waals surface area contributed by atoms with Crippen molar-refractivity contribution in [2.45, 2.75) is 24.3 Å². The van der Waals surface area contributed by atoms with Crippen molar-refractivity contribution < 1.29 is 18.0 Å². The Hall–Kier alpha value is -2.22. The highest BCUT2D eigenvalue weighted by molar-refractivity contribution is 7.89. The van der Waals surface area contributed by atoms with Gasteiger partial charge in [0.15, 0.2) is 0 Å². The summed E-state index contributed by atoms with van der Waals surface area (Å²) >= 11 is 0. The van der Waals surface area contributed by atoms with Crippen molar-refractivity contribution in [1.82, 2.24) is 9.79 Å². The van der Waals surface area contributed by atoms with Gasteiger partial charge in [0.2, 0.25) is 15.9 Å². The Morgan fingerprint density at radius 3 is 2.19 bits per heavy atom. The second kappa shape index (κ2) is 8.44. The summed E-state index contributed by atoms with van der Waals surface area (Å²) in [6.45, 7) is 0.954. The van der Waals surface area contributed by atoms with Crippen LogP contribution in [0.5, 0.6) is 0 Å². The molecular weight excluding hydrogens is 352 g/mol. The van der Waals surface area contributed by atoms with Gasteiger partial charge in [-0.15, -0.1) is 0 Å². The van der Waals surface area contributed by atoms with Crippen molar-refractivity contribution >= 4 is 15.9 Å². The summed E-state index contributed by atoms with van der Waals surface area (Å²) in [4.78, 5) is 17.8. The Morgan fingerprint density at radius 2 is 1.58 bits per heavy atom. The lowest BCUT2D eigenvalue weighted by Crippen LogP contribution is -2.42. The standard InChI is InChI=1S/C19H22N2O4S/c22-19(20-25-15-16-7-3-1-4-8-16)17-11-13-21(14-12-17)26(23,24)18-9-5-2-6-10-18/h1-10,17H,11-15H2,(H,20,22). The Morgan fingerprint density at radius 1 is 1.00 bits per heavy atom. The van der Waals surface area contributed by atoms with E-state index < -0.39 is 10.0 Å². The third-order valence-electron chi connectivity index (χ3n) is 4.46. The molecular formula is C19H22N2O4S. The van der Waals surface area contributed by atoms with E-state index in [4.69, 9.17) is 4.84 Å². The van der Waals surface area contributed by atoms with Gasteiger partial charge in [-0.05, 0) is 30.5 Å². The molecule has 6 nitrogen and oxygen atoms in total. The first-order valence-electron chi connectivity index (χ1n) is 8.58. The molecule has 1 fully saturated rings. The normalized spacial score (nSPS) is 16.3. The fraction of sp³-hybridized carbons (Fsp3) is 0.316. The minimum atomic E-state index is -3.49. The maximum Gasteiger partial charge on any atom is 0.246 e. The third kappa shape index (κ3) is 4.49. The number of carbonyl (C=O) groups excluding carboxylic acids is 1. The van der Waals surface area contributed by atoms with Crippen molar-refractivity contribution in [2.75, 3.05) is 13.1 Å². The van der Waals surface area contributed by atoms with E-state index in [0.29, 0.717) is 32.5 Å². The molecule has 2 aromatic rings. The number of benzene rings is 2. The molecule has 0 bridgehead atoms. The van der Waals surface area contributed by atoms with Gasteiger partial charge in [-0.25, -0.2) is 13.9 Å². The molecule has 1 saturated heterocycles. The average Bonchev–Trinajstić information content (AvgIpc) is 2.69.